The summed E-state index contributed by atoms with van der Waals surface area (Å²) in [5, 5.41) is 5.66. The Labute approximate surface area is 138 Å². The Bertz CT molecular complexity index is 977. The summed E-state index contributed by atoms with van der Waals surface area (Å²) in [7, 11) is 0. The second kappa shape index (κ2) is 5.60. The molecule has 126 valence electrons. The lowest BCUT2D eigenvalue weighted by Crippen LogP contribution is -2.28. The highest BCUT2D eigenvalue weighted by molar-refractivity contribution is 6.35. The van der Waals surface area contributed by atoms with Crippen LogP contribution in [0, 0.1) is 0 Å². The third-order valence-corrected chi connectivity index (χ3v) is 3.69. The maximum atomic E-state index is 12.8. The van der Waals surface area contributed by atoms with Crippen molar-refractivity contribution < 1.29 is 13.2 Å². The van der Waals surface area contributed by atoms with Crippen molar-refractivity contribution in [1.29, 1.82) is 0 Å². The lowest BCUT2D eigenvalue weighted by molar-refractivity contribution is -0.141. The number of fused-ring (bicyclic) bond motifs is 1. The molecule has 10 heteroatoms. The van der Waals surface area contributed by atoms with E-state index >= 15 is 0 Å². The molecule has 1 unspecified atom stereocenters. The highest BCUT2D eigenvalue weighted by Gasteiger charge is 2.33. The van der Waals surface area contributed by atoms with Gasteiger partial charge in [-0.15, -0.1) is 0 Å². The van der Waals surface area contributed by atoms with Crippen molar-refractivity contribution >= 4 is 22.5 Å². The van der Waals surface area contributed by atoms with Gasteiger partial charge in [-0.25, -0.2) is 9.55 Å². The molecule has 6 nitrogen and oxygen atoms in total. The number of aromatic nitrogens is 4. The molecular formula is C14H11ClF3N5O. The molecule has 0 saturated heterocycles. The molecular weight excluding hydrogens is 347 g/mol. The van der Waals surface area contributed by atoms with E-state index in [0.717, 1.165) is 10.6 Å². The number of hydrogen-bond acceptors (Lipinski definition) is 4. The van der Waals surface area contributed by atoms with Gasteiger partial charge in [0, 0.05) is 6.07 Å². The van der Waals surface area contributed by atoms with Crippen LogP contribution in [0.3, 0.4) is 0 Å². The molecule has 0 spiro atoms. The van der Waals surface area contributed by atoms with Crippen molar-refractivity contribution in [3.8, 4) is 5.82 Å². The molecule has 0 aliphatic rings. The number of alkyl halides is 3. The summed E-state index contributed by atoms with van der Waals surface area (Å²) in [6, 6.07) is 4.69. The van der Waals surface area contributed by atoms with Crippen LogP contribution in [0.5, 0.6) is 0 Å². The summed E-state index contributed by atoms with van der Waals surface area (Å²) in [6.45, 7) is 1.56. The number of nitrogens with zero attached hydrogens (tertiary/aromatic N) is 3. The summed E-state index contributed by atoms with van der Waals surface area (Å²) < 4.78 is 39.3. The van der Waals surface area contributed by atoms with E-state index < -0.39 is 23.5 Å². The molecule has 1 atom stereocenters. The maximum Gasteiger partial charge on any atom is 0.432 e. The third kappa shape index (κ3) is 2.65. The van der Waals surface area contributed by atoms with Gasteiger partial charge in [0.2, 0.25) is 0 Å². The minimum Gasteiger partial charge on any atom is -0.322 e. The minimum atomic E-state index is -4.62. The first kappa shape index (κ1) is 16.5. The monoisotopic (exact) mass is 357 g/mol. The molecule has 0 bridgehead atoms. The zero-order valence-corrected chi connectivity index (χ0v) is 13.0. The van der Waals surface area contributed by atoms with Crippen LogP contribution in [0.2, 0.25) is 5.02 Å². The van der Waals surface area contributed by atoms with E-state index in [1.807, 2.05) is 5.10 Å². The molecule has 2 heterocycles. The van der Waals surface area contributed by atoms with Gasteiger partial charge < -0.3 is 5.73 Å². The fraction of sp³-hybridized carbons (Fsp3) is 0.214. The average molecular weight is 358 g/mol. The van der Waals surface area contributed by atoms with Gasteiger partial charge in [-0.2, -0.15) is 18.3 Å². The van der Waals surface area contributed by atoms with Gasteiger partial charge in [0.15, 0.2) is 5.82 Å². The summed E-state index contributed by atoms with van der Waals surface area (Å²) >= 11 is 6.04. The standard InChI is InChI=1S/C14H11ClF3N5O/c1-6(19)12-20-8-4-2-3-7(15)11(8)13(24)23(12)10-5-9(21-22-10)14(16,17)18/h2-6H,19H2,1H3,(H,21,22). The molecule has 3 N–H and O–H groups in total. The largest absolute Gasteiger partial charge is 0.432 e. The van der Waals surface area contributed by atoms with Gasteiger partial charge in [-0.3, -0.25) is 9.89 Å². The first-order chi connectivity index (χ1) is 11.2. The van der Waals surface area contributed by atoms with E-state index in [2.05, 4.69) is 10.1 Å². The van der Waals surface area contributed by atoms with Crippen LogP contribution in [0.4, 0.5) is 13.2 Å². The zero-order chi connectivity index (χ0) is 17.6. The average Bonchev–Trinajstić information content (AvgIpc) is 2.96. The lowest BCUT2D eigenvalue weighted by Gasteiger charge is -2.14. The molecule has 3 aromatic rings. The quantitative estimate of drug-likeness (QED) is 0.738. The molecule has 0 radical (unpaired) electrons. The lowest BCUT2D eigenvalue weighted by atomic mass is 10.2. The zero-order valence-electron chi connectivity index (χ0n) is 12.2. The Kier molecular flexibility index (Phi) is 3.84. The van der Waals surface area contributed by atoms with E-state index in [-0.39, 0.29) is 22.1 Å². The van der Waals surface area contributed by atoms with Crippen molar-refractivity contribution in [3.63, 3.8) is 0 Å². The fourth-order valence-electron chi connectivity index (χ4n) is 2.30. The summed E-state index contributed by atoms with van der Waals surface area (Å²) in [6.07, 6.45) is -4.62. The second-order valence-electron chi connectivity index (χ2n) is 5.17. The number of benzene rings is 1. The van der Waals surface area contributed by atoms with Crippen molar-refractivity contribution in [2.75, 3.05) is 0 Å². The highest BCUT2D eigenvalue weighted by atomic mass is 35.5. The Balaban J connectivity index is 2.36. The van der Waals surface area contributed by atoms with E-state index in [0.29, 0.717) is 5.52 Å². The Morgan fingerprint density at radius 2 is 2.08 bits per heavy atom. The maximum absolute atomic E-state index is 12.8. The number of H-pyrrole nitrogens is 1. The molecule has 2 aromatic heterocycles. The Morgan fingerprint density at radius 1 is 1.38 bits per heavy atom. The molecule has 3 rings (SSSR count). The van der Waals surface area contributed by atoms with Crippen LogP contribution in [-0.4, -0.2) is 19.7 Å². The predicted octanol–water partition coefficient (Wildman–Crippen LogP) is 2.80. The van der Waals surface area contributed by atoms with Crippen LogP contribution in [0.15, 0.2) is 29.1 Å². The topological polar surface area (TPSA) is 89.6 Å². The summed E-state index contributed by atoms with van der Waals surface area (Å²) in [5.41, 5.74) is 4.41. The SMILES string of the molecule is CC(N)c1nc2cccc(Cl)c2c(=O)n1-c1cc(C(F)(F)F)[nH]n1. The van der Waals surface area contributed by atoms with Crippen LogP contribution in [-0.2, 0) is 6.18 Å². The molecule has 0 aliphatic carbocycles. The van der Waals surface area contributed by atoms with E-state index in [9.17, 15) is 18.0 Å². The molecule has 0 aliphatic heterocycles. The van der Waals surface area contributed by atoms with Crippen LogP contribution in [0.25, 0.3) is 16.7 Å². The third-order valence-electron chi connectivity index (χ3n) is 3.38. The van der Waals surface area contributed by atoms with Gasteiger partial charge in [0.05, 0.1) is 22.0 Å². The van der Waals surface area contributed by atoms with Crippen LogP contribution < -0.4 is 11.3 Å². The van der Waals surface area contributed by atoms with Gasteiger partial charge in [0.25, 0.3) is 5.56 Å². The first-order valence-electron chi connectivity index (χ1n) is 6.80. The number of nitrogens with one attached hydrogen (secondary N) is 1. The van der Waals surface area contributed by atoms with Gasteiger partial charge in [0.1, 0.15) is 11.5 Å². The molecule has 1 aromatic carbocycles. The van der Waals surface area contributed by atoms with E-state index in [1.165, 1.54) is 6.07 Å². The molecule has 24 heavy (non-hydrogen) atoms. The number of aromatic amines is 1. The Hall–Kier alpha value is -2.39. The van der Waals surface area contributed by atoms with Crippen molar-refractivity contribution in [2.24, 2.45) is 5.73 Å². The van der Waals surface area contributed by atoms with Gasteiger partial charge in [-0.1, -0.05) is 17.7 Å². The Morgan fingerprint density at radius 3 is 2.67 bits per heavy atom. The van der Waals surface area contributed by atoms with Crippen LogP contribution >= 0.6 is 11.6 Å². The van der Waals surface area contributed by atoms with Gasteiger partial charge >= 0.3 is 6.18 Å². The normalized spacial score (nSPS) is 13.4. The molecule has 0 saturated carbocycles. The van der Waals surface area contributed by atoms with Crippen LogP contribution in [0.1, 0.15) is 24.5 Å². The predicted molar refractivity (Wildman–Crippen MR) is 82.1 cm³/mol. The fourth-order valence-corrected chi connectivity index (χ4v) is 2.56. The van der Waals surface area contributed by atoms with Crippen molar-refractivity contribution in [3.05, 3.63) is 51.2 Å². The number of rotatable bonds is 2. The summed E-state index contributed by atoms with van der Waals surface area (Å²) in [5.74, 6) is -0.177. The van der Waals surface area contributed by atoms with Gasteiger partial charge in [-0.05, 0) is 19.1 Å². The summed E-state index contributed by atoms with van der Waals surface area (Å²) in [4.78, 5) is 17.0. The van der Waals surface area contributed by atoms with E-state index in [4.69, 9.17) is 17.3 Å². The van der Waals surface area contributed by atoms with E-state index in [1.54, 1.807) is 19.1 Å². The number of nitrogens with two attached hydrogens (primary N) is 1. The first-order valence-corrected chi connectivity index (χ1v) is 7.17. The number of halogens is 4. The highest BCUT2D eigenvalue weighted by Crippen LogP contribution is 2.29. The number of hydrogen-bond donors (Lipinski definition) is 2. The second-order valence-corrected chi connectivity index (χ2v) is 5.58. The minimum absolute atomic E-state index is 0.0787. The smallest absolute Gasteiger partial charge is 0.322 e. The van der Waals surface area contributed by atoms with Crippen molar-refractivity contribution in [1.82, 2.24) is 19.7 Å². The van der Waals surface area contributed by atoms with Crippen molar-refractivity contribution in [2.45, 2.75) is 19.1 Å². The molecule has 0 amide bonds. The molecule has 0 fully saturated rings.